The van der Waals surface area contributed by atoms with Gasteiger partial charge in [-0.2, -0.15) is 5.10 Å². The molecular weight excluding hydrogens is 210 g/mol. The number of hydrogen-bond donors (Lipinski definition) is 0. The van der Waals surface area contributed by atoms with Gasteiger partial charge < -0.3 is 0 Å². The van der Waals surface area contributed by atoms with Gasteiger partial charge in [0, 0.05) is 17.3 Å². The van der Waals surface area contributed by atoms with Gasteiger partial charge in [-0.05, 0) is 13.8 Å². The first-order chi connectivity index (χ1) is 7.22. The van der Waals surface area contributed by atoms with Crippen LogP contribution < -0.4 is 0 Å². The van der Waals surface area contributed by atoms with Gasteiger partial charge in [0.1, 0.15) is 5.01 Å². The Morgan fingerprint density at radius 3 is 2.87 bits per heavy atom. The first kappa shape index (κ1) is 10.0. The number of carbonyl (C=O) groups is 1. The Bertz CT molecular complexity index is 473. The van der Waals surface area contributed by atoms with Gasteiger partial charge >= 0.3 is 0 Å². The van der Waals surface area contributed by atoms with Gasteiger partial charge in [-0.1, -0.05) is 0 Å². The van der Waals surface area contributed by atoms with Gasteiger partial charge in [0.05, 0.1) is 17.8 Å². The predicted octanol–water partition coefficient (Wildman–Crippen LogP) is 1.82. The summed E-state index contributed by atoms with van der Waals surface area (Å²) in [5.41, 5.74) is 2.36. The lowest BCUT2D eigenvalue weighted by molar-refractivity contribution is 0.112. The van der Waals surface area contributed by atoms with E-state index in [2.05, 4.69) is 10.1 Å². The normalized spacial score (nSPS) is 10.5. The van der Waals surface area contributed by atoms with Crippen LogP contribution in [-0.4, -0.2) is 21.1 Å². The lowest BCUT2D eigenvalue weighted by atomic mass is 10.2. The van der Waals surface area contributed by atoms with Gasteiger partial charge in [-0.25, -0.2) is 4.98 Å². The minimum atomic E-state index is 0.637. The molecule has 5 heteroatoms. The van der Waals surface area contributed by atoms with Crippen molar-refractivity contribution in [3.8, 4) is 0 Å². The molecule has 0 amide bonds. The Balaban J connectivity index is 2.33. The summed E-state index contributed by atoms with van der Waals surface area (Å²) < 4.78 is 1.82. The van der Waals surface area contributed by atoms with Gasteiger partial charge in [-0.15, -0.1) is 11.3 Å². The number of rotatable bonds is 3. The van der Waals surface area contributed by atoms with Crippen LogP contribution in [0.25, 0.3) is 0 Å². The van der Waals surface area contributed by atoms with Gasteiger partial charge in [0.25, 0.3) is 0 Å². The second kappa shape index (κ2) is 3.94. The van der Waals surface area contributed by atoms with Gasteiger partial charge in [-0.3, -0.25) is 9.48 Å². The first-order valence-corrected chi connectivity index (χ1v) is 5.48. The van der Waals surface area contributed by atoms with Crippen LogP contribution in [0.5, 0.6) is 0 Å². The largest absolute Gasteiger partial charge is 0.298 e. The zero-order chi connectivity index (χ0) is 10.8. The van der Waals surface area contributed by atoms with Crippen molar-refractivity contribution >= 4 is 17.6 Å². The third kappa shape index (κ3) is 1.83. The molecule has 0 aliphatic heterocycles. The Morgan fingerprint density at radius 1 is 1.53 bits per heavy atom. The highest BCUT2D eigenvalue weighted by atomic mass is 32.1. The molecule has 0 saturated carbocycles. The molecule has 0 spiro atoms. The molecule has 0 atom stereocenters. The summed E-state index contributed by atoms with van der Waals surface area (Å²) in [5.74, 6) is 0. The molecule has 15 heavy (non-hydrogen) atoms. The average molecular weight is 221 g/mol. The third-order valence-corrected chi connectivity index (χ3v) is 3.09. The van der Waals surface area contributed by atoms with Crippen LogP contribution >= 0.6 is 11.3 Å². The van der Waals surface area contributed by atoms with Crippen molar-refractivity contribution in [3.05, 3.63) is 33.5 Å². The summed E-state index contributed by atoms with van der Waals surface area (Å²) in [6.45, 7) is 4.38. The maximum Gasteiger partial charge on any atom is 0.153 e. The van der Waals surface area contributed by atoms with E-state index in [0.717, 1.165) is 22.7 Å². The lowest BCUT2D eigenvalue weighted by Crippen LogP contribution is -2.03. The number of aldehydes is 1. The van der Waals surface area contributed by atoms with E-state index in [1.165, 1.54) is 0 Å². The van der Waals surface area contributed by atoms with E-state index in [0.29, 0.717) is 12.1 Å². The van der Waals surface area contributed by atoms with Crippen LogP contribution in [0.15, 0.2) is 11.6 Å². The van der Waals surface area contributed by atoms with E-state index in [1.54, 1.807) is 17.5 Å². The highest BCUT2D eigenvalue weighted by molar-refractivity contribution is 7.09. The molecule has 0 aliphatic rings. The highest BCUT2D eigenvalue weighted by Gasteiger charge is 2.11. The van der Waals surface area contributed by atoms with Crippen molar-refractivity contribution in [1.82, 2.24) is 14.8 Å². The third-order valence-electron chi connectivity index (χ3n) is 2.32. The molecule has 0 aromatic carbocycles. The summed E-state index contributed by atoms with van der Waals surface area (Å²) in [5, 5.41) is 7.24. The monoisotopic (exact) mass is 221 g/mol. The molecule has 2 rings (SSSR count). The SMILES string of the molecule is Cc1nn(Cc2nccs2)c(C)c1C=O. The molecule has 0 saturated heterocycles. The Kier molecular flexibility index (Phi) is 2.64. The molecule has 0 N–H and O–H groups in total. The second-order valence-corrected chi connectivity index (χ2v) is 4.26. The van der Waals surface area contributed by atoms with Crippen LogP contribution in [0.1, 0.15) is 26.8 Å². The van der Waals surface area contributed by atoms with E-state index in [9.17, 15) is 4.79 Å². The van der Waals surface area contributed by atoms with E-state index < -0.39 is 0 Å². The molecule has 0 aliphatic carbocycles. The minimum Gasteiger partial charge on any atom is -0.298 e. The summed E-state index contributed by atoms with van der Waals surface area (Å²) in [4.78, 5) is 15.0. The topological polar surface area (TPSA) is 47.8 Å². The zero-order valence-corrected chi connectivity index (χ0v) is 9.41. The molecule has 0 fully saturated rings. The standard InChI is InChI=1S/C10H11N3OS/c1-7-9(6-14)8(2)13(12-7)5-10-11-3-4-15-10/h3-4,6H,5H2,1-2H3. The van der Waals surface area contributed by atoms with Crippen molar-refractivity contribution in [1.29, 1.82) is 0 Å². The summed E-state index contributed by atoms with van der Waals surface area (Å²) in [7, 11) is 0. The van der Waals surface area contributed by atoms with E-state index in [-0.39, 0.29) is 0 Å². The Hall–Kier alpha value is -1.49. The van der Waals surface area contributed by atoms with Crippen LogP contribution in [0, 0.1) is 13.8 Å². The predicted molar refractivity (Wildman–Crippen MR) is 58.3 cm³/mol. The minimum absolute atomic E-state index is 0.637. The lowest BCUT2D eigenvalue weighted by Gasteiger charge is -2.00. The molecule has 4 nitrogen and oxygen atoms in total. The number of aryl methyl sites for hydroxylation is 1. The number of carbonyl (C=O) groups excluding carboxylic acids is 1. The molecule has 2 aromatic rings. The smallest absolute Gasteiger partial charge is 0.153 e. The number of nitrogens with zero attached hydrogens (tertiary/aromatic N) is 3. The Morgan fingerprint density at radius 2 is 2.33 bits per heavy atom. The van der Waals surface area contributed by atoms with Crippen LogP contribution in [0.2, 0.25) is 0 Å². The van der Waals surface area contributed by atoms with Crippen LogP contribution in [-0.2, 0) is 6.54 Å². The average Bonchev–Trinajstić information content (AvgIpc) is 2.78. The van der Waals surface area contributed by atoms with Gasteiger partial charge in [0.2, 0.25) is 0 Å². The van der Waals surface area contributed by atoms with Gasteiger partial charge in [0.15, 0.2) is 6.29 Å². The summed E-state index contributed by atoms with van der Waals surface area (Å²) >= 11 is 1.59. The van der Waals surface area contributed by atoms with Crippen molar-refractivity contribution in [2.45, 2.75) is 20.4 Å². The van der Waals surface area contributed by atoms with E-state index in [1.807, 2.05) is 23.9 Å². The van der Waals surface area contributed by atoms with Crippen molar-refractivity contribution in [3.63, 3.8) is 0 Å². The van der Waals surface area contributed by atoms with Crippen LogP contribution in [0.3, 0.4) is 0 Å². The molecule has 0 bridgehead atoms. The first-order valence-electron chi connectivity index (χ1n) is 4.60. The Labute approximate surface area is 91.6 Å². The number of thiazole rings is 1. The fourth-order valence-electron chi connectivity index (χ4n) is 1.49. The summed E-state index contributed by atoms with van der Waals surface area (Å²) in [6.07, 6.45) is 2.63. The summed E-state index contributed by atoms with van der Waals surface area (Å²) in [6, 6.07) is 0. The molecule has 78 valence electrons. The number of aromatic nitrogens is 3. The van der Waals surface area contributed by atoms with Crippen molar-refractivity contribution in [2.24, 2.45) is 0 Å². The van der Waals surface area contributed by atoms with Crippen LogP contribution in [0.4, 0.5) is 0 Å². The maximum atomic E-state index is 10.8. The molecule has 2 aromatic heterocycles. The molecular formula is C10H11N3OS. The van der Waals surface area contributed by atoms with Crippen molar-refractivity contribution in [2.75, 3.05) is 0 Å². The van der Waals surface area contributed by atoms with E-state index >= 15 is 0 Å². The fraction of sp³-hybridized carbons (Fsp3) is 0.300. The fourth-order valence-corrected chi connectivity index (χ4v) is 2.09. The quantitative estimate of drug-likeness (QED) is 0.743. The molecule has 2 heterocycles. The zero-order valence-electron chi connectivity index (χ0n) is 8.60. The molecule has 0 radical (unpaired) electrons. The maximum absolute atomic E-state index is 10.8. The van der Waals surface area contributed by atoms with E-state index in [4.69, 9.17) is 0 Å². The molecule has 0 unspecified atom stereocenters. The number of hydrogen-bond acceptors (Lipinski definition) is 4. The highest BCUT2D eigenvalue weighted by Crippen LogP contribution is 2.13. The second-order valence-electron chi connectivity index (χ2n) is 3.29. The van der Waals surface area contributed by atoms with Crippen molar-refractivity contribution < 1.29 is 4.79 Å².